The van der Waals surface area contributed by atoms with Crippen molar-refractivity contribution in [1.82, 2.24) is 20.3 Å². The molecule has 21 heavy (non-hydrogen) atoms. The number of nitrogens with one attached hydrogen (secondary N) is 2. The molecule has 0 saturated heterocycles. The average Bonchev–Trinajstić information content (AvgIpc) is 3.00. The van der Waals surface area contributed by atoms with Gasteiger partial charge in [0.2, 0.25) is 0 Å². The number of hydrogen-bond acceptors (Lipinski definition) is 3. The van der Waals surface area contributed by atoms with Gasteiger partial charge in [0.25, 0.3) is 5.91 Å². The fourth-order valence-corrected chi connectivity index (χ4v) is 2.36. The third kappa shape index (κ3) is 3.03. The molecule has 2 aromatic heterocycles. The minimum atomic E-state index is -0.234. The van der Waals surface area contributed by atoms with Gasteiger partial charge in [0.05, 0.1) is 6.33 Å². The van der Waals surface area contributed by atoms with Crippen LogP contribution in [0.15, 0.2) is 42.9 Å². The maximum absolute atomic E-state index is 12.1. The van der Waals surface area contributed by atoms with E-state index in [0.29, 0.717) is 23.8 Å². The molecule has 0 spiro atoms. The van der Waals surface area contributed by atoms with Crippen molar-refractivity contribution in [2.75, 3.05) is 6.54 Å². The highest BCUT2D eigenvalue weighted by Gasteiger charge is 2.10. The van der Waals surface area contributed by atoms with Gasteiger partial charge in [0.15, 0.2) is 0 Å². The maximum Gasteiger partial charge on any atom is 0.269 e. The van der Waals surface area contributed by atoms with Crippen molar-refractivity contribution in [1.29, 1.82) is 0 Å². The summed E-state index contributed by atoms with van der Waals surface area (Å²) in [6, 6.07) is 9.32. The summed E-state index contributed by atoms with van der Waals surface area (Å²) in [6.45, 7) is 0.507. The molecule has 0 saturated carbocycles. The Morgan fingerprint density at radius 2 is 2.19 bits per heavy atom. The van der Waals surface area contributed by atoms with E-state index in [9.17, 15) is 4.79 Å². The van der Waals surface area contributed by atoms with Crippen LogP contribution in [0.25, 0.3) is 10.8 Å². The van der Waals surface area contributed by atoms with Crippen molar-refractivity contribution >= 4 is 28.3 Å². The van der Waals surface area contributed by atoms with Gasteiger partial charge < -0.3 is 10.3 Å². The Balaban J connectivity index is 1.72. The summed E-state index contributed by atoms with van der Waals surface area (Å²) < 4.78 is 0. The first-order chi connectivity index (χ1) is 10.2. The minimum absolute atomic E-state index is 0.234. The van der Waals surface area contributed by atoms with E-state index in [1.54, 1.807) is 18.6 Å². The fraction of sp³-hybridized carbons (Fsp3) is 0.133. The first-order valence-electron chi connectivity index (χ1n) is 6.55. The molecule has 1 amide bonds. The second-order valence-electron chi connectivity index (χ2n) is 4.60. The fourth-order valence-electron chi connectivity index (χ4n) is 2.10. The van der Waals surface area contributed by atoms with E-state index in [-0.39, 0.29) is 5.91 Å². The van der Waals surface area contributed by atoms with E-state index >= 15 is 0 Å². The van der Waals surface area contributed by atoms with Crippen molar-refractivity contribution in [3.05, 3.63) is 59.4 Å². The third-order valence-corrected chi connectivity index (χ3v) is 3.45. The van der Waals surface area contributed by atoms with Gasteiger partial charge in [-0.2, -0.15) is 0 Å². The molecule has 0 aliphatic carbocycles. The standard InChI is InChI=1S/C15H13ClN4O/c16-14-12-4-2-1-3-10(12)7-13(20-14)15(21)18-6-5-11-8-17-9-19-11/h1-4,7-9H,5-6H2,(H,17,19)(H,18,21). The molecule has 5 nitrogen and oxygen atoms in total. The Labute approximate surface area is 126 Å². The van der Waals surface area contributed by atoms with Gasteiger partial charge in [-0.1, -0.05) is 35.9 Å². The molecule has 106 valence electrons. The van der Waals surface area contributed by atoms with Crippen LogP contribution in [0.4, 0.5) is 0 Å². The number of hydrogen-bond donors (Lipinski definition) is 2. The van der Waals surface area contributed by atoms with E-state index in [1.165, 1.54) is 0 Å². The van der Waals surface area contributed by atoms with Crippen LogP contribution in [0.2, 0.25) is 5.15 Å². The largest absolute Gasteiger partial charge is 0.350 e. The molecule has 3 aromatic rings. The Hall–Kier alpha value is -2.40. The molecule has 2 heterocycles. The van der Waals surface area contributed by atoms with Gasteiger partial charge in [-0.15, -0.1) is 0 Å². The van der Waals surface area contributed by atoms with Crippen LogP contribution in [-0.4, -0.2) is 27.4 Å². The minimum Gasteiger partial charge on any atom is -0.350 e. The van der Waals surface area contributed by atoms with Crippen LogP contribution in [0, 0.1) is 0 Å². The van der Waals surface area contributed by atoms with Gasteiger partial charge in [0, 0.05) is 30.2 Å². The zero-order valence-electron chi connectivity index (χ0n) is 11.1. The number of nitrogens with zero attached hydrogens (tertiary/aromatic N) is 2. The summed E-state index contributed by atoms with van der Waals surface area (Å²) in [7, 11) is 0. The third-order valence-electron chi connectivity index (χ3n) is 3.16. The number of halogens is 1. The van der Waals surface area contributed by atoms with Gasteiger partial charge in [0.1, 0.15) is 10.8 Å². The Bertz CT molecular complexity index is 770. The zero-order chi connectivity index (χ0) is 14.7. The Morgan fingerprint density at radius 3 is 3.00 bits per heavy atom. The lowest BCUT2D eigenvalue weighted by molar-refractivity contribution is 0.0949. The molecule has 0 radical (unpaired) electrons. The maximum atomic E-state index is 12.1. The zero-order valence-corrected chi connectivity index (χ0v) is 11.9. The molecule has 0 bridgehead atoms. The van der Waals surface area contributed by atoms with E-state index in [2.05, 4.69) is 20.3 Å². The number of imidazole rings is 1. The van der Waals surface area contributed by atoms with Crippen molar-refractivity contribution in [3.63, 3.8) is 0 Å². The topological polar surface area (TPSA) is 70.7 Å². The molecule has 0 fully saturated rings. The highest BCUT2D eigenvalue weighted by molar-refractivity contribution is 6.34. The summed E-state index contributed by atoms with van der Waals surface area (Å²) in [6.07, 6.45) is 4.03. The van der Waals surface area contributed by atoms with Gasteiger partial charge >= 0.3 is 0 Å². The number of H-pyrrole nitrogens is 1. The number of pyridine rings is 1. The quantitative estimate of drug-likeness (QED) is 0.728. The number of aromatic nitrogens is 3. The van der Waals surface area contributed by atoms with Crippen LogP contribution in [-0.2, 0) is 6.42 Å². The van der Waals surface area contributed by atoms with Crippen molar-refractivity contribution in [2.24, 2.45) is 0 Å². The molecule has 1 aromatic carbocycles. The van der Waals surface area contributed by atoms with Crippen molar-refractivity contribution in [3.8, 4) is 0 Å². The van der Waals surface area contributed by atoms with E-state index < -0.39 is 0 Å². The summed E-state index contributed by atoms with van der Waals surface area (Å²) in [5.74, 6) is -0.234. The van der Waals surface area contributed by atoms with Crippen LogP contribution < -0.4 is 5.32 Å². The summed E-state index contributed by atoms with van der Waals surface area (Å²) in [4.78, 5) is 23.2. The number of benzene rings is 1. The number of aromatic amines is 1. The first kappa shape index (κ1) is 13.6. The molecular formula is C15H13ClN4O. The number of amides is 1. The van der Waals surface area contributed by atoms with Crippen LogP contribution in [0.5, 0.6) is 0 Å². The normalized spacial score (nSPS) is 10.7. The van der Waals surface area contributed by atoms with Gasteiger partial charge in [-0.25, -0.2) is 9.97 Å². The lowest BCUT2D eigenvalue weighted by Gasteiger charge is -2.06. The van der Waals surface area contributed by atoms with Crippen molar-refractivity contribution < 1.29 is 4.79 Å². The monoisotopic (exact) mass is 300 g/mol. The SMILES string of the molecule is O=C(NCCc1cnc[nH]1)c1cc2ccccc2c(Cl)n1. The van der Waals surface area contributed by atoms with E-state index in [1.807, 2.05) is 24.3 Å². The molecular weight excluding hydrogens is 288 g/mol. The first-order valence-corrected chi connectivity index (χ1v) is 6.92. The second kappa shape index (κ2) is 5.93. The van der Waals surface area contributed by atoms with Crippen LogP contribution in [0.3, 0.4) is 0 Å². The van der Waals surface area contributed by atoms with E-state index in [0.717, 1.165) is 16.5 Å². The molecule has 0 unspecified atom stereocenters. The molecule has 6 heteroatoms. The Kier molecular flexibility index (Phi) is 3.83. The molecule has 0 aliphatic heterocycles. The van der Waals surface area contributed by atoms with Crippen LogP contribution >= 0.6 is 11.6 Å². The number of carbonyl (C=O) groups is 1. The average molecular weight is 301 g/mol. The van der Waals surface area contributed by atoms with Gasteiger partial charge in [-0.05, 0) is 11.5 Å². The van der Waals surface area contributed by atoms with Crippen molar-refractivity contribution in [2.45, 2.75) is 6.42 Å². The summed E-state index contributed by atoms with van der Waals surface area (Å²) in [5.41, 5.74) is 1.29. The molecule has 2 N–H and O–H groups in total. The number of carbonyl (C=O) groups excluding carboxylic acids is 1. The molecule has 0 aliphatic rings. The van der Waals surface area contributed by atoms with Crippen LogP contribution in [0.1, 0.15) is 16.2 Å². The number of fused-ring (bicyclic) bond motifs is 1. The summed E-state index contributed by atoms with van der Waals surface area (Å²) >= 11 is 6.12. The smallest absolute Gasteiger partial charge is 0.269 e. The highest BCUT2D eigenvalue weighted by Crippen LogP contribution is 2.22. The lowest BCUT2D eigenvalue weighted by atomic mass is 10.1. The van der Waals surface area contributed by atoms with E-state index in [4.69, 9.17) is 11.6 Å². The lowest BCUT2D eigenvalue weighted by Crippen LogP contribution is -2.26. The highest BCUT2D eigenvalue weighted by atomic mass is 35.5. The summed E-state index contributed by atoms with van der Waals surface area (Å²) in [5, 5.41) is 4.90. The number of rotatable bonds is 4. The molecule has 0 atom stereocenters. The molecule has 3 rings (SSSR count). The van der Waals surface area contributed by atoms with Gasteiger partial charge in [-0.3, -0.25) is 4.79 Å². The Morgan fingerprint density at radius 1 is 1.33 bits per heavy atom. The second-order valence-corrected chi connectivity index (χ2v) is 4.96. The predicted octanol–water partition coefficient (Wildman–Crippen LogP) is 2.58. The predicted molar refractivity (Wildman–Crippen MR) is 81.4 cm³/mol.